The van der Waals surface area contributed by atoms with E-state index in [2.05, 4.69) is 42.1 Å². The summed E-state index contributed by atoms with van der Waals surface area (Å²) in [5, 5.41) is 4.35. The second kappa shape index (κ2) is 8.35. The highest BCUT2D eigenvalue weighted by Gasteiger charge is 2.19. The Labute approximate surface area is 186 Å². The quantitative estimate of drug-likeness (QED) is 0.415. The number of para-hydroxylation sites is 1. The lowest BCUT2D eigenvalue weighted by molar-refractivity contribution is 0.313. The number of fused-ring (bicyclic) bond motifs is 1. The standard InChI is InChI=1S/C23H26N8O/c1-30-8-10-31(11-9-30)19-13-20(32-2)18(12-17(19)24)28-23-27-14-26-22(29-23)16-5-3-4-15-6-7-25-21(15)16/h3-7,12-14,25H,8-11,24H2,1-2H3,(H,26,27,28,29). The number of rotatable bonds is 5. The van der Waals surface area contributed by atoms with Crippen molar-refractivity contribution in [1.82, 2.24) is 24.8 Å². The van der Waals surface area contributed by atoms with E-state index < -0.39 is 0 Å². The second-order valence-electron chi connectivity index (χ2n) is 7.91. The number of hydrogen-bond donors (Lipinski definition) is 3. The Balaban J connectivity index is 1.45. The van der Waals surface area contributed by atoms with Crippen LogP contribution in [0, 0.1) is 0 Å². The Hall–Kier alpha value is -3.85. The van der Waals surface area contributed by atoms with Crippen molar-refractivity contribution in [2.24, 2.45) is 0 Å². The van der Waals surface area contributed by atoms with Crippen LogP contribution in [0.4, 0.5) is 23.0 Å². The molecule has 32 heavy (non-hydrogen) atoms. The van der Waals surface area contributed by atoms with Gasteiger partial charge in [0.2, 0.25) is 5.95 Å². The second-order valence-corrected chi connectivity index (χ2v) is 7.91. The van der Waals surface area contributed by atoms with Gasteiger partial charge in [-0.05, 0) is 25.2 Å². The van der Waals surface area contributed by atoms with Gasteiger partial charge in [-0.1, -0.05) is 12.1 Å². The van der Waals surface area contributed by atoms with Gasteiger partial charge in [0.05, 0.1) is 29.7 Å². The summed E-state index contributed by atoms with van der Waals surface area (Å²) in [6, 6.07) is 11.9. The minimum Gasteiger partial charge on any atom is -0.494 e. The average molecular weight is 431 g/mol. The van der Waals surface area contributed by atoms with Crippen LogP contribution in [0.5, 0.6) is 5.75 Å². The van der Waals surface area contributed by atoms with Crippen molar-refractivity contribution in [1.29, 1.82) is 0 Å². The van der Waals surface area contributed by atoms with Crippen LogP contribution in [-0.2, 0) is 0 Å². The van der Waals surface area contributed by atoms with Crippen LogP contribution < -0.4 is 20.7 Å². The van der Waals surface area contributed by atoms with Gasteiger partial charge in [-0.2, -0.15) is 4.98 Å². The molecular formula is C23H26N8O. The number of H-pyrrole nitrogens is 1. The molecule has 0 bridgehead atoms. The number of methoxy groups -OCH3 is 1. The summed E-state index contributed by atoms with van der Waals surface area (Å²) in [6.45, 7) is 3.86. The number of anilines is 4. The van der Waals surface area contributed by atoms with Crippen LogP contribution in [0.2, 0.25) is 0 Å². The molecule has 4 aromatic rings. The minimum atomic E-state index is 0.420. The number of nitrogens with one attached hydrogen (secondary N) is 2. The zero-order chi connectivity index (χ0) is 22.1. The number of aromatic amines is 1. The lowest BCUT2D eigenvalue weighted by atomic mass is 10.1. The molecule has 1 fully saturated rings. The van der Waals surface area contributed by atoms with Crippen molar-refractivity contribution >= 4 is 33.9 Å². The highest BCUT2D eigenvalue weighted by atomic mass is 16.5. The summed E-state index contributed by atoms with van der Waals surface area (Å²) in [4.78, 5) is 21.2. The monoisotopic (exact) mass is 430 g/mol. The molecule has 5 rings (SSSR count). The Morgan fingerprint density at radius 2 is 1.94 bits per heavy atom. The molecule has 0 atom stereocenters. The maximum absolute atomic E-state index is 6.43. The summed E-state index contributed by atoms with van der Waals surface area (Å²) in [5.74, 6) is 1.68. The molecule has 0 unspecified atom stereocenters. The van der Waals surface area contributed by atoms with E-state index in [9.17, 15) is 0 Å². The smallest absolute Gasteiger partial charge is 0.230 e. The van der Waals surface area contributed by atoms with E-state index in [1.807, 2.05) is 42.6 Å². The molecule has 0 radical (unpaired) electrons. The maximum Gasteiger partial charge on any atom is 0.230 e. The number of likely N-dealkylation sites (N-methyl/N-ethyl adjacent to an activating group) is 1. The number of aromatic nitrogens is 4. The van der Waals surface area contributed by atoms with E-state index in [0.717, 1.165) is 48.3 Å². The molecule has 1 aliphatic rings. The van der Waals surface area contributed by atoms with Crippen LogP contribution in [0.25, 0.3) is 22.3 Å². The Bertz CT molecular complexity index is 1250. The first-order valence-corrected chi connectivity index (χ1v) is 10.6. The van der Waals surface area contributed by atoms with Gasteiger partial charge >= 0.3 is 0 Å². The number of piperazine rings is 1. The summed E-state index contributed by atoms with van der Waals surface area (Å²) in [6.07, 6.45) is 3.41. The summed E-state index contributed by atoms with van der Waals surface area (Å²) in [5.41, 5.74) is 10.7. The molecule has 2 aromatic heterocycles. The van der Waals surface area contributed by atoms with Gasteiger partial charge in [0.15, 0.2) is 5.82 Å². The first-order valence-electron chi connectivity index (χ1n) is 10.6. The van der Waals surface area contributed by atoms with Crippen molar-refractivity contribution in [3.8, 4) is 17.1 Å². The largest absolute Gasteiger partial charge is 0.494 e. The van der Waals surface area contributed by atoms with E-state index in [4.69, 9.17) is 10.5 Å². The highest BCUT2D eigenvalue weighted by molar-refractivity contribution is 5.92. The minimum absolute atomic E-state index is 0.420. The van der Waals surface area contributed by atoms with E-state index in [1.165, 1.54) is 6.33 Å². The third-order valence-electron chi connectivity index (χ3n) is 5.84. The Morgan fingerprint density at radius 3 is 2.75 bits per heavy atom. The van der Waals surface area contributed by atoms with Gasteiger partial charge in [0.25, 0.3) is 0 Å². The molecule has 164 valence electrons. The van der Waals surface area contributed by atoms with E-state index in [-0.39, 0.29) is 0 Å². The maximum atomic E-state index is 6.43. The molecule has 2 aromatic carbocycles. The van der Waals surface area contributed by atoms with E-state index >= 15 is 0 Å². The number of nitrogen functional groups attached to an aromatic ring is 1. The molecule has 9 heteroatoms. The normalized spacial score (nSPS) is 14.6. The summed E-state index contributed by atoms with van der Waals surface area (Å²) in [7, 11) is 3.78. The molecule has 0 aliphatic carbocycles. The van der Waals surface area contributed by atoms with Gasteiger partial charge in [0, 0.05) is 49.4 Å². The van der Waals surface area contributed by atoms with Crippen LogP contribution in [0.1, 0.15) is 0 Å². The highest BCUT2D eigenvalue weighted by Crippen LogP contribution is 2.37. The van der Waals surface area contributed by atoms with Crippen LogP contribution in [0.15, 0.2) is 48.9 Å². The van der Waals surface area contributed by atoms with Gasteiger partial charge in [-0.25, -0.2) is 9.97 Å². The summed E-state index contributed by atoms with van der Waals surface area (Å²) < 4.78 is 5.66. The number of hydrogen-bond acceptors (Lipinski definition) is 8. The number of nitrogens with zero attached hydrogens (tertiary/aromatic N) is 5. The van der Waals surface area contributed by atoms with E-state index in [1.54, 1.807) is 7.11 Å². The first kappa shape index (κ1) is 20.1. The van der Waals surface area contributed by atoms with E-state index in [0.29, 0.717) is 28.9 Å². The van der Waals surface area contributed by atoms with Gasteiger partial charge in [-0.3, -0.25) is 0 Å². The number of benzene rings is 2. The third-order valence-corrected chi connectivity index (χ3v) is 5.84. The fraction of sp³-hybridized carbons (Fsp3) is 0.261. The predicted molar refractivity (Wildman–Crippen MR) is 128 cm³/mol. The lowest BCUT2D eigenvalue weighted by Crippen LogP contribution is -2.44. The van der Waals surface area contributed by atoms with Crippen molar-refractivity contribution in [2.75, 3.05) is 56.3 Å². The van der Waals surface area contributed by atoms with Gasteiger partial charge in [0.1, 0.15) is 12.1 Å². The molecule has 1 saturated heterocycles. The molecule has 0 amide bonds. The number of nitrogens with two attached hydrogens (primary N) is 1. The third kappa shape index (κ3) is 3.78. The Morgan fingerprint density at radius 1 is 1.09 bits per heavy atom. The van der Waals surface area contributed by atoms with Crippen LogP contribution in [-0.4, -0.2) is 65.2 Å². The summed E-state index contributed by atoms with van der Waals surface area (Å²) >= 11 is 0. The van der Waals surface area contributed by atoms with Crippen molar-refractivity contribution in [3.63, 3.8) is 0 Å². The SMILES string of the molecule is COc1cc(N2CCN(C)CC2)c(N)cc1Nc1ncnc(-c2cccc3cc[nH]c23)n1. The topological polar surface area (TPSA) is 108 Å². The molecule has 0 saturated carbocycles. The van der Waals surface area contributed by atoms with Crippen molar-refractivity contribution in [3.05, 3.63) is 48.9 Å². The lowest BCUT2D eigenvalue weighted by Gasteiger charge is -2.35. The molecule has 4 N–H and O–H groups in total. The van der Waals surface area contributed by atoms with Crippen molar-refractivity contribution in [2.45, 2.75) is 0 Å². The molecule has 1 aliphatic heterocycles. The molecule has 3 heterocycles. The van der Waals surface area contributed by atoms with Crippen molar-refractivity contribution < 1.29 is 4.74 Å². The molecule has 0 spiro atoms. The molecular weight excluding hydrogens is 404 g/mol. The zero-order valence-corrected chi connectivity index (χ0v) is 18.2. The van der Waals surface area contributed by atoms with Crippen LogP contribution in [0.3, 0.4) is 0 Å². The first-order chi connectivity index (χ1) is 15.6. The average Bonchev–Trinajstić information content (AvgIpc) is 3.29. The predicted octanol–water partition coefficient (Wildman–Crippen LogP) is 3.11. The fourth-order valence-electron chi connectivity index (χ4n) is 4.05. The van der Waals surface area contributed by atoms with Crippen LogP contribution >= 0.6 is 0 Å². The molecule has 9 nitrogen and oxygen atoms in total. The van der Waals surface area contributed by atoms with Gasteiger partial charge in [-0.15, -0.1) is 0 Å². The Kier molecular flexibility index (Phi) is 5.24. The van der Waals surface area contributed by atoms with Gasteiger partial charge < -0.3 is 30.6 Å². The number of ether oxygens (including phenoxy) is 1. The fourth-order valence-corrected chi connectivity index (χ4v) is 4.05. The zero-order valence-electron chi connectivity index (χ0n) is 18.2.